The Labute approximate surface area is 127 Å². The molecule has 0 aliphatic carbocycles. The van der Waals surface area contributed by atoms with E-state index in [2.05, 4.69) is 15.5 Å². The summed E-state index contributed by atoms with van der Waals surface area (Å²) < 4.78 is 18.4. The number of fused-ring (bicyclic) bond motifs is 1. The molecule has 1 aliphatic rings. The molecule has 0 radical (unpaired) electrons. The Balaban J connectivity index is 1.74. The second-order valence-corrected chi connectivity index (χ2v) is 5.25. The summed E-state index contributed by atoms with van der Waals surface area (Å²) in [5.74, 6) is 0.535. The maximum Gasteiger partial charge on any atom is 0.207 e. The predicted octanol–water partition coefficient (Wildman–Crippen LogP) is 2.20. The number of nitrogens with one attached hydrogen (secondary N) is 1. The highest BCUT2D eigenvalue weighted by molar-refractivity contribution is 5.82. The van der Waals surface area contributed by atoms with Gasteiger partial charge in [-0.05, 0) is 25.0 Å². The lowest BCUT2D eigenvalue weighted by Crippen LogP contribution is -2.43. The number of rotatable bonds is 1. The molecule has 0 unspecified atom stereocenters. The van der Waals surface area contributed by atoms with Crippen LogP contribution in [0.15, 0.2) is 27.7 Å². The zero-order chi connectivity index (χ0) is 15.5. The molecule has 6 nitrogen and oxygen atoms in total. The van der Waals surface area contributed by atoms with Gasteiger partial charge >= 0.3 is 0 Å². The van der Waals surface area contributed by atoms with E-state index in [0.29, 0.717) is 11.5 Å². The first-order valence-electron chi connectivity index (χ1n) is 7.14. The summed E-state index contributed by atoms with van der Waals surface area (Å²) in [6.07, 6.45) is 3.66. The van der Waals surface area contributed by atoms with Crippen molar-refractivity contribution in [1.82, 2.24) is 15.4 Å². The van der Waals surface area contributed by atoms with E-state index in [1.807, 2.05) is 11.1 Å². The number of benzene rings is 1. The first kappa shape index (κ1) is 14.3. The van der Waals surface area contributed by atoms with Gasteiger partial charge in [0.15, 0.2) is 11.8 Å². The molecule has 2 aromatic rings. The number of aliphatic imine (C=N–C) groups is 1. The second kappa shape index (κ2) is 6.02. The zero-order valence-electron chi connectivity index (χ0n) is 12.2. The van der Waals surface area contributed by atoms with E-state index in [1.165, 1.54) is 12.1 Å². The van der Waals surface area contributed by atoms with E-state index in [0.717, 1.165) is 37.0 Å². The quantitative estimate of drug-likeness (QED) is 0.378. The van der Waals surface area contributed by atoms with Crippen molar-refractivity contribution in [3.05, 3.63) is 29.7 Å². The largest absolute Gasteiger partial charge is 0.356 e. The molecule has 1 saturated heterocycles. The van der Waals surface area contributed by atoms with Gasteiger partial charge in [-0.15, -0.1) is 0 Å². The molecule has 1 aliphatic heterocycles. The van der Waals surface area contributed by atoms with Gasteiger partial charge in [-0.1, -0.05) is 5.16 Å². The molecule has 1 N–H and O–H groups in total. The van der Waals surface area contributed by atoms with Crippen molar-refractivity contribution in [1.29, 1.82) is 5.26 Å². The van der Waals surface area contributed by atoms with Gasteiger partial charge in [0.1, 0.15) is 5.82 Å². The van der Waals surface area contributed by atoms with Crippen molar-refractivity contribution in [2.75, 3.05) is 20.1 Å². The molecule has 0 spiro atoms. The van der Waals surface area contributed by atoms with Crippen LogP contribution in [0.25, 0.3) is 11.0 Å². The van der Waals surface area contributed by atoms with Crippen molar-refractivity contribution in [3.8, 4) is 6.19 Å². The number of aromatic nitrogens is 1. The number of guanidine groups is 1. The van der Waals surface area contributed by atoms with Crippen LogP contribution in [0.4, 0.5) is 4.39 Å². The van der Waals surface area contributed by atoms with E-state index in [1.54, 1.807) is 13.1 Å². The fourth-order valence-electron chi connectivity index (χ4n) is 2.92. The van der Waals surface area contributed by atoms with Crippen LogP contribution in [-0.4, -0.2) is 36.2 Å². The van der Waals surface area contributed by atoms with Gasteiger partial charge in [0.25, 0.3) is 0 Å². The van der Waals surface area contributed by atoms with Crippen LogP contribution in [0, 0.1) is 17.3 Å². The highest BCUT2D eigenvalue weighted by atomic mass is 19.1. The monoisotopic (exact) mass is 301 g/mol. The molecular weight excluding hydrogens is 285 g/mol. The summed E-state index contributed by atoms with van der Waals surface area (Å²) in [6.45, 7) is 1.56. The van der Waals surface area contributed by atoms with Gasteiger partial charge in [0.05, 0.1) is 5.69 Å². The summed E-state index contributed by atoms with van der Waals surface area (Å²) in [5, 5.41) is 16.3. The predicted molar refractivity (Wildman–Crippen MR) is 79.6 cm³/mol. The third-order valence-corrected chi connectivity index (χ3v) is 4.02. The number of nitrogens with zero attached hydrogens (tertiary/aromatic N) is 4. The lowest BCUT2D eigenvalue weighted by atomic mass is 9.92. The van der Waals surface area contributed by atoms with Crippen LogP contribution in [-0.2, 0) is 0 Å². The first-order valence-corrected chi connectivity index (χ1v) is 7.14. The van der Waals surface area contributed by atoms with Gasteiger partial charge in [0.2, 0.25) is 5.96 Å². The number of halogens is 1. The SMILES string of the molecule is C/N=C(/NC#N)N1CCC(c2noc3cc(F)ccc23)CC1. The molecule has 0 saturated carbocycles. The van der Waals surface area contributed by atoms with Crippen molar-refractivity contribution >= 4 is 16.9 Å². The van der Waals surface area contributed by atoms with Crippen LogP contribution in [0.2, 0.25) is 0 Å². The minimum absolute atomic E-state index is 0.267. The normalized spacial score (nSPS) is 16.8. The lowest BCUT2D eigenvalue weighted by Gasteiger charge is -2.32. The number of piperidine rings is 1. The van der Waals surface area contributed by atoms with E-state index < -0.39 is 0 Å². The van der Waals surface area contributed by atoms with Crippen molar-refractivity contribution in [2.24, 2.45) is 4.99 Å². The van der Waals surface area contributed by atoms with Crippen LogP contribution in [0.1, 0.15) is 24.5 Å². The molecule has 1 aromatic heterocycles. The molecule has 0 bridgehead atoms. The summed E-state index contributed by atoms with van der Waals surface area (Å²) in [6, 6.07) is 4.51. The topological polar surface area (TPSA) is 77.5 Å². The fraction of sp³-hybridized carbons (Fsp3) is 0.400. The maximum absolute atomic E-state index is 13.2. The molecule has 0 atom stereocenters. The third-order valence-electron chi connectivity index (χ3n) is 4.02. The van der Waals surface area contributed by atoms with Gasteiger partial charge in [-0.3, -0.25) is 10.3 Å². The molecule has 1 aromatic carbocycles. The highest BCUT2D eigenvalue weighted by Crippen LogP contribution is 2.32. The number of hydrogen-bond acceptors (Lipinski definition) is 4. The smallest absolute Gasteiger partial charge is 0.207 e. The number of nitriles is 1. The molecule has 7 heteroatoms. The average Bonchev–Trinajstić information content (AvgIpc) is 2.95. The average molecular weight is 301 g/mol. The number of hydrogen-bond donors (Lipinski definition) is 1. The van der Waals surface area contributed by atoms with Crippen molar-refractivity contribution < 1.29 is 8.91 Å². The van der Waals surface area contributed by atoms with Crippen molar-refractivity contribution in [2.45, 2.75) is 18.8 Å². The summed E-state index contributed by atoms with van der Waals surface area (Å²) >= 11 is 0. The summed E-state index contributed by atoms with van der Waals surface area (Å²) in [4.78, 5) is 6.13. The molecular formula is C15H16FN5O. The van der Waals surface area contributed by atoms with E-state index in [4.69, 9.17) is 9.78 Å². The van der Waals surface area contributed by atoms with E-state index >= 15 is 0 Å². The van der Waals surface area contributed by atoms with Gasteiger partial charge in [0, 0.05) is 37.5 Å². The fourth-order valence-corrected chi connectivity index (χ4v) is 2.92. The molecule has 22 heavy (non-hydrogen) atoms. The Kier molecular flexibility index (Phi) is 3.92. The Hall–Kier alpha value is -2.62. The van der Waals surface area contributed by atoms with E-state index in [-0.39, 0.29) is 11.7 Å². The molecule has 0 amide bonds. The molecule has 1 fully saturated rings. The third kappa shape index (κ3) is 2.60. The Morgan fingerprint density at radius 3 is 2.95 bits per heavy atom. The highest BCUT2D eigenvalue weighted by Gasteiger charge is 2.26. The number of likely N-dealkylation sites (tertiary alicyclic amines) is 1. The van der Waals surface area contributed by atoms with Crippen LogP contribution < -0.4 is 5.32 Å². The van der Waals surface area contributed by atoms with E-state index in [9.17, 15) is 4.39 Å². The standard InChI is InChI=1S/C15H16FN5O/c1-18-15(19-9-17)21-6-4-10(5-7-21)14-12-3-2-11(16)8-13(12)22-20-14/h2-3,8,10H,4-7H2,1H3,(H,18,19). The lowest BCUT2D eigenvalue weighted by molar-refractivity contribution is 0.299. The van der Waals surface area contributed by atoms with Gasteiger partial charge in [-0.2, -0.15) is 5.26 Å². The Morgan fingerprint density at radius 1 is 1.50 bits per heavy atom. The van der Waals surface area contributed by atoms with Crippen LogP contribution >= 0.6 is 0 Å². The minimum atomic E-state index is -0.323. The molecule has 2 heterocycles. The van der Waals surface area contributed by atoms with Crippen LogP contribution in [0.3, 0.4) is 0 Å². The maximum atomic E-state index is 13.2. The molecule has 114 valence electrons. The van der Waals surface area contributed by atoms with Gasteiger partial charge < -0.3 is 9.42 Å². The van der Waals surface area contributed by atoms with Gasteiger partial charge in [-0.25, -0.2) is 4.39 Å². The Bertz CT molecular complexity index is 740. The Morgan fingerprint density at radius 2 is 2.27 bits per heavy atom. The molecule has 3 rings (SSSR count). The zero-order valence-corrected chi connectivity index (χ0v) is 12.2. The summed E-state index contributed by atoms with van der Waals surface area (Å²) in [7, 11) is 1.66. The van der Waals surface area contributed by atoms with Crippen molar-refractivity contribution in [3.63, 3.8) is 0 Å². The first-order chi connectivity index (χ1) is 10.7. The summed E-state index contributed by atoms with van der Waals surface area (Å²) in [5.41, 5.74) is 1.37. The van der Waals surface area contributed by atoms with Crippen LogP contribution in [0.5, 0.6) is 0 Å². The second-order valence-electron chi connectivity index (χ2n) is 5.25. The minimum Gasteiger partial charge on any atom is -0.356 e.